The van der Waals surface area contributed by atoms with Crippen molar-refractivity contribution in [2.45, 2.75) is 19.1 Å². The molecule has 0 saturated carbocycles. The summed E-state index contributed by atoms with van der Waals surface area (Å²) in [6.45, 7) is 1.87. The molecule has 1 aliphatic heterocycles. The minimum absolute atomic E-state index is 0.0230. The van der Waals surface area contributed by atoms with Crippen molar-refractivity contribution in [3.63, 3.8) is 0 Å². The van der Waals surface area contributed by atoms with Crippen molar-refractivity contribution in [3.8, 4) is 0 Å². The second-order valence-corrected chi connectivity index (χ2v) is 9.46. The van der Waals surface area contributed by atoms with Crippen LogP contribution in [0.2, 0.25) is 5.02 Å². The summed E-state index contributed by atoms with van der Waals surface area (Å²) in [6, 6.07) is 6.41. The van der Waals surface area contributed by atoms with Crippen molar-refractivity contribution in [2.75, 3.05) is 17.7 Å². The van der Waals surface area contributed by atoms with E-state index < -0.39 is 21.7 Å². The van der Waals surface area contributed by atoms with Gasteiger partial charge in [-0.1, -0.05) is 17.7 Å². The zero-order valence-corrected chi connectivity index (χ0v) is 16.3. The first kappa shape index (κ1) is 18.9. The molecule has 138 valence electrons. The van der Waals surface area contributed by atoms with Crippen LogP contribution in [0.15, 0.2) is 24.3 Å². The Morgan fingerprint density at radius 1 is 1.35 bits per heavy atom. The highest BCUT2D eigenvalue weighted by molar-refractivity contribution is 7.90. The molecule has 2 aromatic rings. The number of rotatable bonds is 4. The van der Waals surface area contributed by atoms with Crippen LogP contribution in [0.1, 0.15) is 38.1 Å². The summed E-state index contributed by atoms with van der Waals surface area (Å²) in [4.78, 5) is 25.5. The predicted octanol–water partition coefficient (Wildman–Crippen LogP) is 3.30. The molecule has 1 aromatic heterocycles. The van der Waals surface area contributed by atoms with Gasteiger partial charge in [0.2, 0.25) is 0 Å². The molecule has 2 heterocycles. The zero-order chi connectivity index (χ0) is 18.9. The summed E-state index contributed by atoms with van der Waals surface area (Å²) in [5.74, 6) is -1.15. The molecule has 0 atom stereocenters. The third-order valence-corrected chi connectivity index (χ3v) is 7.02. The average molecular weight is 414 g/mol. The van der Waals surface area contributed by atoms with Crippen molar-refractivity contribution in [1.29, 1.82) is 0 Å². The Hall–Kier alpha value is -1.90. The molecule has 1 aromatic carbocycles. The highest BCUT2D eigenvalue weighted by Gasteiger charge is 2.32. The normalized spacial score (nSPS) is 15.2. The molecule has 1 amide bonds. The predicted molar refractivity (Wildman–Crippen MR) is 101 cm³/mol. The lowest BCUT2D eigenvalue weighted by Gasteiger charge is -2.13. The third-order valence-electron chi connectivity index (χ3n) is 3.90. The summed E-state index contributed by atoms with van der Waals surface area (Å²) >= 11 is 7.01. The third kappa shape index (κ3) is 3.92. The van der Waals surface area contributed by atoms with Crippen molar-refractivity contribution in [1.82, 2.24) is 0 Å². The molecule has 0 spiro atoms. The fourth-order valence-electron chi connectivity index (χ4n) is 2.73. The van der Waals surface area contributed by atoms with Crippen molar-refractivity contribution >= 4 is 49.7 Å². The van der Waals surface area contributed by atoms with E-state index in [0.29, 0.717) is 26.0 Å². The van der Waals surface area contributed by atoms with Gasteiger partial charge in [0.1, 0.15) is 5.00 Å². The number of hydrogen-bond acceptors (Lipinski definition) is 6. The molecule has 0 radical (unpaired) electrons. The van der Waals surface area contributed by atoms with E-state index in [0.717, 1.165) is 11.3 Å². The second kappa shape index (κ2) is 7.38. The second-order valence-electron chi connectivity index (χ2n) is 5.73. The number of esters is 1. The maximum atomic E-state index is 12.5. The minimum atomic E-state index is -3.20. The summed E-state index contributed by atoms with van der Waals surface area (Å²) in [6.07, 6.45) is 0.231. The number of hydrogen-bond donors (Lipinski definition) is 1. The van der Waals surface area contributed by atoms with Crippen LogP contribution in [-0.4, -0.2) is 32.7 Å². The van der Waals surface area contributed by atoms with Gasteiger partial charge in [-0.05, 0) is 37.1 Å². The van der Waals surface area contributed by atoms with E-state index in [1.54, 1.807) is 25.1 Å². The van der Waals surface area contributed by atoms with E-state index in [9.17, 15) is 18.0 Å². The number of carbonyl (C=O) groups excluding carboxylic acids is 2. The van der Waals surface area contributed by atoms with Gasteiger partial charge >= 0.3 is 5.97 Å². The zero-order valence-electron chi connectivity index (χ0n) is 13.9. The van der Waals surface area contributed by atoms with E-state index in [1.807, 2.05) is 0 Å². The van der Waals surface area contributed by atoms with Crippen LogP contribution < -0.4 is 5.32 Å². The fraction of sp³-hybridized carbons (Fsp3) is 0.294. The van der Waals surface area contributed by atoms with Crippen LogP contribution in [0.5, 0.6) is 0 Å². The van der Waals surface area contributed by atoms with Gasteiger partial charge in [0.25, 0.3) is 5.91 Å². The van der Waals surface area contributed by atoms with Gasteiger partial charge in [0, 0.05) is 15.5 Å². The molecule has 0 fully saturated rings. The number of benzene rings is 1. The van der Waals surface area contributed by atoms with Gasteiger partial charge in [0.05, 0.1) is 23.7 Å². The number of anilines is 1. The Bertz CT molecular complexity index is 981. The van der Waals surface area contributed by atoms with Crippen molar-refractivity contribution in [2.24, 2.45) is 0 Å². The van der Waals surface area contributed by atoms with Crippen molar-refractivity contribution in [3.05, 3.63) is 50.9 Å². The Morgan fingerprint density at radius 2 is 2.12 bits per heavy atom. The molecule has 3 rings (SSSR count). The summed E-state index contributed by atoms with van der Waals surface area (Å²) in [5.41, 5.74) is 1.23. The lowest BCUT2D eigenvalue weighted by molar-refractivity contribution is 0.0527. The molecule has 6 nitrogen and oxygen atoms in total. The highest BCUT2D eigenvalue weighted by Crippen LogP contribution is 2.38. The van der Waals surface area contributed by atoms with Crippen LogP contribution in [-0.2, 0) is 26.7 Å². The van der Waals surface area contributed by atoms with Gasteiger partial charge in [-0.3, -0.25) is 4.79 Å². The maximum Gasteiger partial charge on any atom is 0.341 e. The number of carbonyl (C=O) groups is 2. The SMILES string of the molecule is CCOC(=O)c1c(NC(=O)c2cccc(Cl)c2)sc2c1CCS(=O)(=O)C2. The summed E-state index contributed by atoms with van der Waals surface area (Å²) in [5, 5.41) is 3.42. The maximum absolute atomic E-state index is 12.5. The number of ether oxygens (including phenoxy) is 1. The van der Waals surface area contributed by atoms with E-state index in [1.165, 1.54) is 6.07 Å². The first-order chi connectivity index (χ1) is 12.3. The minimum Gasteiger partial charge on any atom is -0.462 e. The topological polar surface area (TPSA) is 89.5 Å². The Kier molecular flexibility index (Phi) is 5.36. The Labute approximate surface area is 160 Å². The average Bonchev–Trinajstić information content (AvgIpc) is 2.90. The number of thiophene rings is 1. The van der Waals surface area contributed by atoms with E-state index in [2.05, 4.69) is 5.32 Å². The van der Waals surface area contributed by atoms with Gasteiger partial charge in [-0.25, -0.2) is 13.2 Å². The number of amides is 1. The van der Waals surface area contributed by atoms with E-state index in [4.69, 9.17) is 16.3 Å². The summed E-state index contributed by atoms with van der Waals surface area (Å²) < 4.78 is 28.9. The largest absolute Gasteiger partial charge is 0.462 e. The molecule has 1 N–H and O–H groups in total. The monoisotopic (exact) mass is 413 g/mol. The van der Waals surface area contributed by atoms with E-state index >= 15 is 0 Å². The fourth-order valence-corrected chi connectivity index (χ4v) is 5.96. The molecule has 0 aliphatic carbocycles. The molecule has 0 unspecified atom stereocenters. The number of fused-ring (bicyclic) bond motifs is 1. The molecule has 0 saturated heterocycles. The molecular weight excluding hydrogens is 398 g/mol. The van der Waals surface area contributed by atoms with Crippen molar-refractivity contribution < 1.29 is 22.7 Å². The van der Waals surface area contributed by atoms with Crippen LogP contribution in [0.25, 0.3) is 0 Å². The summed E-state index contributed by atoms with van der Waals surface area (Å²) in [7, 11) is -3.20. The number of sulfone groups is 1. The number of nitrogens with one attached hydrogen (secondary N) is 1. The van der Waals surface area contributed by atoms with Gasteiger partial charge < -0.3 is 10.1 Å². The van der Waals surface area contributed by atoms with Crippen LogP contribution >= 0.6 is 22.9 Å². The molecule has 26 heavy (non-hydrogen) atoms. The van der Waals surface area contributed by atoms with Gasteiger partial charge in [-0.15, -0.1) is 11.3 Å². The quantitative estimate of drug-likeness (QED) is 0.776. The van der Waals surface area contributed by atoms with Crippen LogP contribution in [0, 0.1) is 0 Å². The lowest BCUT2D eigenvalue weighted by Crippen LogP contribution is -2.20. The molecule has 1 aliphatic rings. The highest BCUT2D eigenvalue weighted by atomic mass is 35.5. The molecule has 9 heteroatoms. The van der Waals surface area contributed by atoms with Crippen LogP contribution in [0.3, 0.4) is 0 Å². The van der Waals surface area contributed by atoms with Crippen LogP contribution in [0.4, 0.5) is 5.00 Å². The van der Waals surface area contributed by atoms with E-state index in [-0.39, 0.29) is 30.1 Å². The molecular formula is C17H16ClNO5S2. The molecule has 0 bridgehead atoms. The number of halogens is 1. The Morgan fingerprint density at radius 3 is 2.81 bits per heavy atom. The standard InChI is InChI=1S/C17H16ClNO5S2/c1-2-24-17(21)14-12-6-7-26(22,23)9-13(12)25-16(14)19-15(20)10-4-3-5-11(18)8-10/h3-5,8H,2,6-7,9H2,1H3,(H,19,20). The first-order valence-electron chi connectivity index (χ1n) is 7.89. The smallest absolute Gasteiger partial charge is 0.341 e. The van der Waals surface area contributed by atoms with Gasteiger partial charge in [-0.2, -0.15) is 0 Å². The lowest BCUT2D eigenvalue weighted by atomic mass is 10.1. The van der Waals surface area contributed by atoms with Gasteiger partial charge in [0.15, 0.2) is 9.84 Å². The Balaban J connectivity index is 1.99. The first-order valence-corrected chi connectivity index (χ1v) is 10.9.